The number of likely N-dealkylation sites (tertiary alicyclic amines) is 3. The van der Waals surface area contributed by atoms with E-state index in [0.29, 0.717) is 134 Å². The van der Waals surface area contributed by atoms with Gasteiger partial charge in [0.1, 0.15) is 17.3 Å². The lowest BCUT2D eigenvalue weighted by Gasteiger charge is -2.53. The third-order valence-electron chi connectivity index (χ3n) is 17.1. The van der Waals surface area contributed by atoms with Crippen LogP contribution in [-0.2, 0) is 70.2 Å². The number of aromatic nitrogens is 3. The number of benzene rings is 2. The normalized spacial score (nSPS) is 18.4. The highest BCUT2D eigenvalue weighted by molar-refractivity contribution is 5.99. The average Bonchev–Trinajstić information content (AvgIpc) is 2.37. The second-order valence-corrected chi connectivity index (χ2v) is 23.6. The average molecular weight is 1260 g/mol. The smallest absolute Gasteiger partial charge is 0.313 e. The Kier molecular flexibility index (Phi) is 29.1. The van der Waals surface area contributed by atoms with Crippen molar-refractivity contribution in [1.82, 2.24) is 39.9 Å². The minimum absolute atomic E-state index is 0.00363. The molecule has 3 saturated heterocycles. The van der Waals surface area contributed by atoms with E-state index in [9.17, 15) is 37.8 Å². The molecule has 4 unspecified atom stereocenters. The monoisotopic (exact) mass is 1250 g/mol. The molecular formula is C63H93F3N10O13. The minimum Gasteiger partial charge on any atom is -0.420 e. The predicted octanol–water partition coefficient (Wildman–Crippen LogP) is 6.37. The van der Waals surface area contributed by atoms with Crippen molar-refractivity contribution >= 4 is 35.4 Å². The first-order valence-corrected chi connectivity index (χ1v) is 31.4. The summed E-state index contributed by atoms with van der Waals surface area (Å²) in [6.07, 6.45) is 9.33. The van der Waals surface area contributed by atoms with Crippen LogP contribution in [0.3, 0.4) is 0 Å². The molecule has 0 radical (unpaired) electrons. The van der Waals surface area contributed by atoms with Gasteiger partial charge < -0.3 is 62.6 Å². The van der Waals surface area contributed by atoms with Crippen molar-refractivity contribution in [2.24, 2.45) is 17.3 Å². The van der Waals surface area contributed by atoms with Gasteiger partial charge in [0.25, 0.3) is 0 Å². The molecule has 26 heteroatoms. The summed E-state index contributed by atoms with van der Waals surface area (Å²) in [7, 11) is 0. The maximum atomic E-state index is 13.7. The number of carbonyl (C=O) groups excluding carboxylic acids is 4. The second-order valence-electron chi connectivity index (χ2n) is 23.6. The summed E-state index contributed by atoms with van der Waals surface area (Å²) in [6.45, 7) is 16.4. The van der Waals surface area contributed by atoms with Gasteiger partial charge in [-0.15, -0.1) is 5.10 Å². The summed E-state index contributed by atoms with van der Waals surface area (Å²) in [5, 5.41) is 29.6. The second kappa shape index (κ2) is 36.8. The number of ether oxygens (including phenoxy) is 9. The van der Waals surface area contributed by atoms with Crippen molar-refractivity contribution in [1.29, 1.82) is 10.8 Å². The van der Waals surface area contributed by atoms with Crippen molar-refractivity contribution in [3.05, 3.63) is 77.4 Å². The number of nitrogens with one attached hydrogen (secondary N) is 3. The summed E-state index contributed by atoms with van der Waals surface area (Å²) in [5.74, 6) is -4.76. The van der Waals surface area contributed by atoms with Crippen LogP contribution in [0.25, 0.3) is 0 Å². The van der Waals surface area contributed by atoms with Gasteiger partial charge in [0.2, 0.25) is 23.5 Å². The number of amides is 3. The first-order valence-electron chi connectivity index (χ1n) is 31.4. The molecule has 3 amide bonds. The van der Waals surface area contributed by atoms with E-state index < -0.39 is 29.2 Å². The molecule has 23 nitrogen and oxygen atoms in total. The molecule has 89 heavy (non-hydrogen) atoms. The van der Waals surface area contributed by atoms with Gasteiger partial charge in [-0.3, -0.25) is 34.9 Å². The Morgan fingerprint density at radius 2 is 1.28 bits per heavy atom. The van der Waals surface area contributed by atoms with Gasteiger partial charge in [0.05, 0.1) is 149 Å². The van der Waals surface area contributed by atoms with Crippen molar-refractivity contribution in [2.45, 2.75) is 129 Å². The molecule has 2 aromatic carbocycles. The van der Waals surface area contributed by atoms with E-state index in [1.807, 2.05) is 28.0 Å². The van der Waals surface area contributed by atoms with Crippen LogP contribution in [-0.4, -0.2) is 220 Å². The number of carbonyl (C=O) groups is 4. The molecule has 3 aliphatic heterocycles. The SMILES string of the molecule is CC(=N)N(C(=N)C1CC2(CCN(C(C)=O)CC2)C1)C(C)CC1CCC(C)N1CCC(NC(=O)C1CN(C(=O)CCOCCOCCOCCOCc2cn(CCOCCOCCOCCOCCC(=O)Oc3c(F)cc(F)cc3F)nn2)C1)c1ccccc1. The van der Waals surface area contributed by atoms with Crippen LogP contribution in [0.4, 0.5) is 13.2 Å². The van der Waals surface area contributed by atoms with Gasteiger partial charge in [0, 0.05) is 75.8 Å². The fourth-order valence-electron chi connectivity index (χ4n) is 12.1. The quantitative estimate of drug-likeness (QED) is 0.0184. The molecule has 1 aromatic heterocycles. The van der Waals surface area contributed by atoms with Crippen LogP contribution in [0.15, 0.2) is 48.7 Å². The maximum absolute atomic E-state index is 13.7. The van der Waals surface area contributed by atoms with Gasteiger partial charge in [0.15, 0.2) is 11.6 Å². The Morgan fingerprint density at radius 3 is 1.87 bits per heavy atom. The van der Waals surface area contributed by atoms with Crippen LogP contribution >= 0.6 is 0 Å². The van der Waals surface area contributed by atoms with Gasteiger partial charge in [-0.25, -0.2) is 17.9 Å². The first-order chi connectivity index (χ1) is 43.0. The molecule has 4 fully saturated rings. The van der Waals surface area contributed by atoms with E-state index >= 15 is 0 Å². The predicted molar refractivity (Wildman–Crippen MR) is 321 cm³/mol. The molecule has 1 aliphatic carbocycles. The third kappa shape index (κ3) is 22.7. The summed E-state index contributed by atoms with van der Waals surface area (Å²) < 4.78 is 90.8. The fourth-order valence-corrected chi connectivity index (χ4v) is 12.1. The standard InChI is InChI=1S/C63H93F3N10O13/c1-45-10-11-54(36-46(2)76(47(3)67)61(68)50-39-63(40-50)15-18-72(19-16-63)48(4)77)75(45)17-12-57(49-8-6-5-7-9-49)69-62(80)51-41-73(42-51)58(78)13-21-81-24-27-84-32-33-87-34-35-88-44-53-43-74(71-70-53)20-23-83-26-29-86-31-30-85-28-25-82-22-14-59(79)89-60-55(65)37-52(64)38-56(60)66/h5-9,37-38,43,45-46,50-51,54,57,67-68H,10-36,39-42,44H2,1-4H3,(H,69,80). The molecule has 1 spiro atoms. The van der Waals surface area contributed by atoms with Gasteiger partial charge in [-0.1, -0.05) is 35.5 Å². The molecule has 4 aliphatic rings. The molecular weight excluding hydrogens is 1160 g/mol. The molecule has 494 valence electrons. The van der Waals surface area contributed by atoms with Gasteiger partial charge >= 0.3 is 5.97 Å². The third-order valence-corrected chi connectivity index (χ3v) is 17.1. The highest BCUT2D eigenvalue weighted by Crippen LogP contribution is 2.53. The minimum atomic E-state index is -1.31. The lowest BCUT2D eigenvalue weighted by Crippen LogP contribution is -2.56. The van der Waals surface area contributed by atoms with E-state index in [4.69, 9.17) is 43.3 Å². The number of esters is 1. The van der Waals surface area contributed by atoms with Gasteiger partial charge in [-0.2, -0.15) is 0 Å². The zero-order valence-electron chi connectivity index (χ0n) is 52.3. The first kappa shape index (κ1) is 70.5. The number of piperidine rings is 1. The zero-order valence-corrected chi connectivity index (χ0v) is 52.3. The van der Waals surface area contributed by atoms with Crippen LogP contribution in [0.5, 0.6) is 5.75 Å². The van der Waals surface area contributed by atoms with Crippen molar-refractivity contribution in [3.63, 3.8) is 0 Å². The summed E-state index contributed by atoms with van der Waals surface area (Å²) >= 11 is 0. The molecule has 3 aromatic rings. The molecule has 1 saturated carbocycles. The van der Waals surface area contributed by atoms with E-state index in [1.165, 1.54) is 0 Å². The van der Waals surface area contributed by atoms with E-state index in [0.717, 1.165) is 76.6 Å². The van der Waals surface area contributed by atoms with Crippen molar-refractivity contribution in [3.8, 4) is 5.75 Å². The maximum Gasteiger partial charge on any atom is 0.313 e. The molecule has 4 atom stereocenters. The summed E-state index contributed by atoms with van der Waals surface area (Å²) in [5.41, 5.74) is 1.93. The molecule has 3 N–H and O–H groups in total. The number of nitrogens with zero attached hydrogens (tertiary/aromatic N) is 7. The van der Waals surface area contributed by atoms with E-state index in [-0.39, 0.29) is 92.9 Å². The fraction of sp³-hybridized carbons (Fsp3) is 0.683. The van der Waals surface area contributed by atoms with Crippen LogP contribution < -0.4 is 10.1 Å². The molecule has 0 bridgehead atoms. The zero-order chi connectivity index (χ0) is 63.5. The Hall–Kier alpha value is -5.97. The lowest BCUT2D eigenvalue weighted by molar-refractivity contribution is -0.144. The number of rotatable bonds is 40. The van der Waals surface area contributed by atoms with E-state index in [1.54, 1.807) is 29.6 Å². The summed E-state index contributed by atoms with van der Waals surface area (Å²) in [4.78, 5) is 58.6. The molecule has 4 heterocycles. The van der Waals surface area contributed by atoms with Crippen LogP contribution in [0.1, 0.15) is 109 Å². The van der Waals surface area contributed by atoms with Gasteiger partial charge in [-0.05, 0) is 83.1 Å². The van der Waals surface area contributed by atoms with Crippen LogP contribution in [0.2, 0.25) is 0 Å². The Labute approximate surface area is 520 Å². The van der Waals surface area contributed by atoms with Crippen molar-refractivity contribution < 1.29 is 75.0 Å². The highest BCUT2D eigenvalue weighted by Gasteiger charge is 2.49. The number of amidine groups is 2. The summed E-state index contributed by atoms with van der Waals surface area (Å²) in [6, 6.07) is 11.4. The number of halogens is 3. The van der Waals surface area contributed by atoms with E-state index in [2.05, 4.69) is 51.2 Å². The van der Waals surface area contributed by atoms with Crippen molar-refractivity contribution in [2.75, 3.05) is 132 Å². The topological polar surface area (TPSA) is 255 Å². The number of hydrogen-bond donors (Lipinski definition) is 3. The Morgan fingerprint density at radius 1 is 0.719 bits per heavy atom. The lowest BCUT2D eigenvalue weighted by atomic mass is 9.57. The largest absolute Gasteiger partial charge is 0.420 e. The Bertz CT molecular complexity index is 2670. The van der Waals surface area contributed by atoms with Crippen LogP contribution in [0, 0.1) is 45.5 Å². The Balaban J connectivity index is 0.647. The highest BCUT2D eigenvalue weighted by atomic mass is 19.1. The molecule has 7 rings (SSSR count). The number of hydrogen-bond acceptors (Lipinski definition) is 18.